The summed E-state index contributed by atoms with van der Waals surface area (Å²) >= 11 is 13.5. The molecule has 28 heavy (non-hydrogen) atoms. The lowest BCUT2D eigenvalue weighted by Crippen LogP contribution is -2.31. The molecule has 0 N–H and O–H groups in total. The number of hydrogen-bond donors (Lipinski definition) is 0. The van der Waals surface area contributed by atoms with Crippen molar-refractivity contribution in [1.29, 1.82) is 0 Å². The van der Waals surface area contributed by atoms with Gasteiger partial charge in [0.2, 0.25) is 0 Å². The van der Waals surface area contributed by atoms with E-state index in [1.165, 1.54) is 11.8 Å². The van der Waals surface area contributed by atoms with Gasteiger partial charge in [0.1, 0.15) is 0 Å². The van der Waals surface area contributed by atoms with Gasteiger partial charge in [0, 0.05) is 9.92 Å². The van der Waals surface area contributed by atoms with Gasteiger partial charge in [-0.25, -0.2) is 4.90 Å². The first-order valence-corrected chi connectivity index (χ1v) is 10.00. The maximum Gasteiger partial charge on any atom is 0.272 e. The van der Waals surface area contributed by atoms with Crippen LogP contribution in [0.5, 0.6) is 0 Å². The van der Waals surface area contributed by atoms with Crippen LogP contribution in [0.3, 0.4) is 0 Å². The summed E-state index contributed by atoms with van der Waals surface area (Å²) in [5.41, 5.74) is 1.43. The Morgan fingerprint density at radius 3 is 2.04 bits per heavy atom. The van der Waals surface area contributed by atoms with Crippen molar-refractivity contribution >= 4 is 58.0 Å². The van der Waals surface area contributed by atoms with Crippen LogP contribution in [-0.4, -0.2) is 11.8 Å². The molecule has 0 saturated carbocycles. The second-order valence-corrected chi connectivity index (χ2v) is 7.95. The van der Waals surface area contributed by atoms with E-state index in [0.717, 1.165) is 9.80 Å². The van der Waals surface area contributed by atoms with Crippen molar-refractivity contribution in [2.45, 2.75) is 4.90 Å². The van der Waals surface area contributed by atoms with Gasteiger partial charge < -0.3 is 0 Å². The van der Waals surface area contributed by atoms with Crippen LogP contribution >= 0.6 is 35.0 Å². The summed E-state index contributed by atoms with van der Waals surface area (Å²) in [6.07, 6.45) is 0. The second-order valence-electron chi connectivity index (χ2n) is 6.02. The molecule has 4 rings (SSSR count). The highest BCUT2D eigenvalue weighted by atomic mass is 35.5. The fraction of sp³-hybridized carbons (Fsp3) is 0. The Kier molecular flexibility index (Phi) is 5.27. The molecule has 0 atom stereocenters. The standard InChI is InChI=1S/C22H13Cl2NO2S/c23-15-10-12-16(13-11-15)28-20-19(14-6-2-1-3-7-14)21(26)25(22(20)27)18-9-5-4-8-17(18)24/h1-13H. The summed E-state index contributed by atoms with van der Waals surface area (Å²) in [6, 6.07) is 23.1. The molecule has 1 heterocycles. The summed E-state index contributed by atoms with van der Waals surface area (Å²) < 4.78 is 0. The van der Waals surface area contributed by atoms with Gasteiger partial charge in [-0.3, -0.25) is 9.59 Å². The van der Waals surface area contributed by atoms with Crippen molar-refractivity contribution in [1.82, 2.24) is 0 Å². The summed E-state index contributed by atoms with van der Waals surface area (Å²) in [5.74, 6) is -0.780. The first-order chi connectivity index (χ1) is 13.6. The van der Waals surface area contributed by atoms with Crippen LogP contribution in [0.15, 0.2) is 88.7 Å². The van der Waals surface area contributed by atoms with Crippen molar-refractivity contribution in [3.8, 4) is 0 Å². The zero-order valence-electron chi connectivity index (χ0n) is 14.4. The number of rotatable bonds is 4. The van der Waals surface area contributed by atoms with E-state index in [-0.39, 0.29) is 5.91 Å². The number of halogens is 2. The zero-order chi connectivity index (χ0) is 19.7. The predicted molar refractivity (Wildman–Crippen MR) is 115 cm³/mol. The van der Waals surface area contributed by atoms with E-state index in [1.54, 1.807) is 36.4 Å². The molecule has 3 nitrogen and oxygen atoms in total. The Morgan fingerprint density at radius 1 is 0.714 bits per heavy atom. The van der Waals surface area contributed by atoms with E-state index >= 15 is 0 Å². The number of hydrogen-bond acceptors (Lipinski definition) is 3. The first-order valence-electron chi connectivity index (χ1n) is 8.42. The molecule has 3 aromatic carbocycles. The number of imide groups is 1. The lowest BCUT2D eigenvalue weighted by molar-refractivity contribution is -0.119. The molecule has 0 aliphatic carbocycles. The Labute approximate surface area is 176 Å². The average Bonchev–Trinajstić information content (AvgIpc) is 2.95. The molecule has 3 aromatic rings. The third kappa shape index (κ3) is 3.47. The Bertz CT molecular complexity index is 1100. The number of carbonyl (C=O) groups excluding carboxylic acids is 2. The van der Waals surface area contributed by atoms with E-state index in [1.807, 2.05) is 42.5 Å². The van der Waals surface area contributed by atoms with Crippen LogP contribution in [0, 0.1) is 0 Å². The molecule has 0 radical (unpaired) electrons. The minimum atomic E-state index is -0.392. The quantitative estimate of drug-likeness (QED) is 0.475. The topological polar surface area (TPSA) is 37.4 Å². The number of para-hydroxylation sites is 1. The molecule has 0 aromatic heterocycles. The number of carbonyl (C=O) groups is 2. The lowest BCUT2D eigenvalue weighted by Gasteiger charge is -2.16. The van der Waals surface area contributed by atoms with Gasteiger partial charge in [-0.15, -0.1) is 0 Å². The molecule has 0 bridgehead atoms. The van der Waals surface area contributed by atoms with Crippen LogP contribution in [0.1, 0.15) is 5.56 Å². The van der Waals surface area contributed by atoms with Crippen molar-refractivity contribution in [3.05, 3.63) is 99.4 Å². The van der Waals surface area contributed by atoms with Crippen LogP contribution in [0.2, 0.25) is 10.0 Å². The molecule has 0 unspecified atom stereocenters. The van der Waals surface area contributed by atoms with Crippen LogP contribution in [-0.2, 0) is 9.59 Å². The van der Waals surface area contributed by atoms with Crippen molar-refractivity contribution in [2.75, 3.05) is 4.90 Å². The number of anilines is 1. The van der Waals surface area contributed by atoms with E-state index in [2.05, 4.69) is 0 Å². The molecule has 0 fully saturated rings. The number of thioether (sulfide) groups is 1. The Hall–Kier alpha value is -2.53. The zero-order valence-corrected chi connectivity index (χ0v) is 16.8. The molecule has 2 amide bonds. The average molecular weight is 426 g/mol. The Morgan fingerprint density at radius 2 is 1.36 bits per heavy atom. The van der Waals surface area contributed by atoms with Gasteiger partial charge in [0.15, 0.2) is 0 Å². The minimum Gasteiger partial charge on any atom is -0.268 e. The van der Waals surface area contributed by atoms with Gasteiger partial charge in [-0.2, -0.15) is 0 Å². The molecular weight excluding hydrogens is 413 g/mol. The summed E-state index contributed by atoms with van der Waals surface area (Å²) in [6.45, 7) is 0. The maximum absolute atomic E-state index is 13.3. The largest absolute Gasteiger partial charge is 0.272 e. The summed E-state index contributed by atoms with van der Waals surface area (Å²) in [7, 11) is 0. The molecular formula is C22H13Cl2NO2S. The van der Waals surface area contributed by atoms with Gasteiger partial charge in [-0.05, 0) is 42.0 Å². The molecule has 0 spiro atoms. The minimum absolute atomic E-state index is 0.342. The van der Waals surface area contributed by atoms with Gasteiger partial charge in [0.25, 0.3) is 11.8 Å². The predicted octanol–water partition coefficient (Wildman–Crippen LogP) is 6.07. The van der Waals surface area contributed by atoms with Gasteiger partial charge in [-0.1, -0.05) is 77.4 Å². The lowest BCUT2D eigenvalue weighted by atomic mass is 10.1. The molecule has 1 aliphatic heterocycles. The second kappa shape index (κ2) is 7.84. The fourth-order valence-electron chi connectivity index (χ4n) is 2.94. The smallest absolute Gasteiger partial charge is 0.268 e. The van der Waals surface area contributed by atoms with Crippen molar-refractivity contribution in [3.63, 3.8) is 0 Å². The van der Waals surface area contributed by atoms with E-state index in [4.69, 9.17) is 23.2 Å². The summed E-state index contributed by atoms with van der Waals surface area (Å²) in [5, 5.41) is 0.947. The first kappa shape index (κ1) is 18.8. The number of amides is 2. The van der Waals surface area contributed by atoms with Gasteiger partial charge >= 0.3 is 0 Å². The third-order valence-corrected chi connectivity index (χ3v) is 5.89. The van der Waals surface area contributed by atoms with E-state index in [0.29, 0.717) is 31.8 Å². The molecule has 1 aliphatic rings. The highest BCUT2D eigenvalue weighted by Crippen LogP contribution is 2.42. The highest BCUT2D eigenvalue weighted by molar-refractivity contribution is 8.04. The van der Waals surface area contributed by atoms with Crippen molar-refractivity contribution < 1.29 is 9.59 Å². The van der Waals surface area contributed by atoms with Crippen molar-refractivity contribution in [2.24, 2.45) is 0 Å². The molecule has 0 saturated heterocycles. The van der Waals surface area contributed by atoms with Crippen LogP contribution in [0.25, 0.3) is 5.57 Å². The number of benzene rings is 3. The molecule has 138 valence electrons. The number of nitrogens with zero attached hydrogens (tertiary/aromatic N) is 1. The highest BCUT2D eigenvalue weighted by Gasteiger charge is 2.41. The molecule has 6 heteroatoms. The third-order valence-electron chi connectivity index (χ3n) is 4.23. The Balaban J connectivity index is 1.83. The van der Waals surface area contributed by atoms with Gasteiger partial charge in [0.05, 0.1) is 21.2 Å². The maximum atomic E-state index is 13.3. The normalized spacial score (nSPS) is 14.1. The van der Waals surface area contributed by atoms with E-state index in [9.17, 15) is 9.59 Å². The monoisotopic (exact) mass is 425 g/mol. The fourth-order valence-corrected chi connectivity index (χ4v) is 4.28. The van der Waals surface area contributed by atoms with Crippen LogP contribution < -0.4 is 4.90 Å². The SMILES string of the molecule is O=C1C(Sc2ccc(Cl)cc2)=C(c2ccccc2)C(=O)N1c1ccccc1Cl. The van der Waals surface area contributed by atoms with E-state index < -0.39 is 5.91 Å². The van der Waals surface area contributed by atoms with Crippen LogP contribution in [0.4, 0.5) is 5.69 Å². The summed E-state index contributed by atoms with van der Waals surface area (Å²) in [4.78, 5) is 28.9.